The molecule has 0 atom stereocenters. The third-order valence-electron chi connectivity index (χ3n) is 2.79. The summed E-state index contributed by atoms with van der Waals surface area (Å²) in [7, 11) is -4.26. The van der Waals surface area contributed by atoms with Crippen LogP contribution in [0, 0.1) is 13.8 Å². The number of benzene rings is 1. The zero-order chi connectivity index (χ0) is 13.2. The van der Waals surface area contributed by atoms with E-state index in [4.69, 9.17) is 14.9 Å². The molecule has 0 amide bonds. The van der Waals surface area contributed by atoms with Crippen molar-refractivity contribution in [3.63, 3.8) is 0 Å². The van der Waals surface area contributed by atoms with Gasteiger partial charge < -0.3 is 14.9 Å². The molecular weight excluding hydrogens is 243 g/mol. The summed E-state index contributed by atoms with van der Waals surface area (Å²) in [5.41, 5.74) is 2.08. The van der Waals surface area contributed by atoms with E-state index in [1.54, 1.807) is 19.9 Å². The number of rotatable bonds is 4. The molecule has 1 aromatic rings. The average molecular weight is 258 g/mol. The molecule has 0 bridgehead atoms. The summed E-state index contributed by atoms with van der Waals surface area (Å²) in [4.78, 5) is 28.7. The molecule has 0 unspecified atom stereocenters. The monoisotopic (exact) mass is 258 g/mol. The number of aliphatic carboxylic acids is 1. The zero-order valence-corrected chi connectivity index (χ0v) is 10.6. The van der Waals surface area contributed by atoms with Crippen LogP contribution in [0.15, 0.2) is 12.1 Å². The number of aryl methyl sites for hydroxylation is 1. The van der Waals surface area contributed by atoms with E-state index in [2.05, 4.69) is 0 Å². The SMILES string of the molecule is Cc1c(CCC(=O)O)ccc(P(=O)(O)O)c1C. The summed E-state index contributed by atoms with van der Waals surface area (Å²) >= 11 is 0. The first-order chi connectivity index (χ1) is 7.73. The molecule has 0 aliphatic carbocycles. The third-order valence-corrected chi connectivity index (χ3v) is 3.90. The first-order valence-electron chi connectivity index (χ1n) is 5.10. The van der Waals surface area contributed by atoms with Crippen LogP contribution in [0.5, 0.6) is 0 Å². The number of carbonyl (C=O) groups is 1. The third kappa shape index (κ3) is 3.40. The van der Waals surface area contributed by atoms with Crippen LogP contribution in [0.1, 0.15) is 23.1 Å². The van der Waals surface area contributed by atoms with E-state index in [1.807, 2.05) is 0 Å². The van der Waals surface area contributed by atoms with Crippen LogP contribution in [-0.4, -0.2) is 20.9 Å². The Morgan fingerprint density at radius 1 is 1.24 bits per heavy atom. The minimum atomic E-state index is -4.26. The highest BCUT2D eigenvalue weighted by atomic mass is 31.2. The van der Waals surface area contributed by atoms with Crippen molar-refractivity contribution < 1.29 is 24.3 Å². The normalized spacial score (nSPS) is 11.5. The van der Waals surface area contributed by atoms with Gasteiger partial charge in [-0.25, -0.2) is 0 Å². The van der Waals surface area contributed by atoms with Crippen LogP contribution in [-0.2, 0) is 15.8 Å². The summed E-state index contributed by atoms with van der Waals surface area (Å²) in [6.45, 7) is 3.37. The maximum Gasteiger partial charge on any atom is 0.356 e. The highest BCUT2D eigenvalue weighted by Gasteiger charge is 2.21. The second kappa shape index (κ2) is 5.00. The number of hydrogen-bond acceptors (Lipinski definition) is 2. The van der Waals surface area contributed by atoms with Gasteiger partial charge >= 0.3 is 13.6 Å². The molecule has 5 nitrogen and oxygen atoms in total. The number of hydrogen-bond donors (Lipinski definition) is 3. The van der Waals surface area contributed by atoms with E-state index in [0.29, 0.717) is 12.0 Å². The summed E-state index contributed by atoms with van der Waals surface area (Å²) in [6.07, 6.45) is 0.374. The van der Waals surface area contributed by atoms with Gasteiger partial charge in [0, 0.05) is 6.42 Å². The Labute approximate surface area is 99.3 Å². The molecule has 0 aliphatic heterocycles. The lowest BCUT2D eigenvalue weighted by molar-refractivity contribution is -0.136. The van der Waals surface area contributed by atoms with E-state index in [1.165, 1.54) is 6.07 Å². The van der Waals surface area contributed by atoms with Gasteiger partial charge in [-0.2, -0.15) is 0 Å². The Bertz CT molecular complexity index is 489. The Kier molecular flexibility index (Phi) is 4.09. The lowest BCUT2D eigenvalue weighted by Crippen LogP contribution is -2.12. The van der Waals surface area contributed by atoms with Gasteiger partial charge in [0.05, 0.1) is 5.30 Å². The first-order valence-corrected chi connectivity index (χ1v) is 6.71. The Hall–Kier alpha value is -1.16. The van der Waals surface area contributed by atoms with Crippen molar-refractivity contribution in [2.24, 2.45) is 0 Å². The fraction of sp³-hybridized carbons (Fsp3) is 0.364. The molecule has 0 saturated heterocycles. The van der Waals surface area contributed by atoms with Crippen molar-refractivity contribution in [3.05, 3.63) is 28.8 Å². The molecule has 0 aliphatic rings. The summed E-state index contributed by atoms with van der Waals surface area (Å²) in [5.74, 6) is -0.888. The topological polar surface area (TPSA) is 94.8 Å². The second-order valence-electron chi connectivity index (χ2n) is 3.93. The van der Waals surface area contributed by atoms with Gasteiger partial charge in [0.1, 0.15) is 0 Å². The van der Waals surface area contributed by atoms with Gasteiger partial charge in [-0.3, -0.25) is 9.36 Å². The van der Waals surface area contributed by atoms with Crippen molar-refractivity contribution in [2.75, 3.05) is 0 Å². The van der Waals surface area contributed by atoms with Gasteiger partial charge in [0.2, 0.25) is 0 Å². The summed E-state index contributed by atoms with van der Waals surface area (Å²) in [5, 5.41) is 8.60. The molecule has 0 spiro atoms. The van der Waals surface area contributed by atoms with Gasteiger partial charge in [-0.1, -0.05) is 6.07 Å². The maximum absolute atomic E-state index is 11.2. The Morgan fingerprint density at radius 2 is 1.82 bits per heavy atom. The minimum Gasteiger partial charge on any atom is -0.481 e. The highest BCUT2D eigenvalue weighted by molar-refractivity contribution is 7.60. The van der Waals surface area contributed by atoms with Crippen molar-refractivity contribution in [1.29, 1.82) is 0 Å². The predicted molar refractivity (Wildman–Crippen MR) is 63.6 cm³/mol. The van der Waals surface area contributed by atoms with Gasteiger partial charge in [0.15, 0.2) is 0 Å². The molecule has 1 rings (SSSR count). The van der Waals surface area contributed by atoms with Gasteiger partial charge in [0.25, 0.3) is 0 Å². The van der Waals surface area contributed by atoms with Crippen LogP contribution in [0.25, 0.3) is 0 Å². The maximum atomic E-state index is 11.2. The van der Waals surface area contributed by atoms with Crippen molar-refractivity contribution in [2.45, 2.75) is 26.7 Å². The van der Waals surface area contributed by atoms with Crippen LogP contribution >= 0.6 is 7.60 Å². The van der Waals surface area contributed by atoms with Crippen molar-refractivity contribution in [3.8, 4) is 0 Å². The van der Waals surface area contributed by atoms with E-state index in [0.717, 1.165) is 11.1 Å². The Morgan fingerprint density at radius 3 is 2.29 bits per heavy atom. The Balaban J connectivity index is 3.11. The molecule has 1 aromatic carbocycles. The number of carboxylic acid groups (broad SMARTS) is 1. The molecule has 17 heavy (non-hydrogen) atoms. The van der Waals surface area contributed by atoms with Gasteiger partial charge in [-0.15, -0.1) is 0 Å². The molecule has 0 radical (unpaired) electrons. The molecule has 0 saturated carbocycles. The smallest absolute Gasteiger partial charge is 0.356 e. The molecule has 0 fully saturated rings. The lowest BCUT2D eigenvalue weighted by atomic mass is 10.00. The standard InChI is InChI=1S/C11H15O5P/c1-7-8(2)10(17(14,15)16)5-3-9(7)4-6-11(12)13/h3,5H,4,6H2,1-2H3,(H,12,13)(H2,14,15,16). The van der Waals surface area contributed by atoms with E-state index < -0.39 is 13.6 Å². The minimum absolute atomic E-state index is 0.00840. The average Bonchev–Trinajstić information content (AvgIpc) is 2.18. The largest absolute Gasteiger partial charge is 0.481 e. The second-order valence-corrected chi connectivity index (χ2v) is 5.50. The van der Waals surface area contributed by atoms with Crippen molar-refractivity contribution >= 4 is 18.9 Å². The number of carboxylic acids is 1. The van der Waals surface area contributed by atoms with Crippen LogP contribution in [0.3, 0.4) is 0 Å². The van der Waals surface area contributed by atoms with Crippen LogP contribution in [0.2, 0.25) is 0 Å². The highest BCUT2D eigenvalue weighted by Crippen LogP contribution is 2.35. The fourth-order valence-corrected chi connectivity index (χ4v) is 2.56. The fourth-order valence-electron chi connectivity index (χ4n) is 1.69. The summed E-state index contributed by atoms with van der Waals surface area (Å²) < 4.78 is 11.2. The molecular formula is C11H15O5P. The van der Waals surface area contributed by atoms with E-state index in [9.17, 15) is 9.36 Å². The van der Waals surface area contributed by atoms with E-state index >= 15 is 0 Å². The quantitative estimate of drug-likeness (QED) is 0.703. The van der Waals surface area contributed by atoms with Gasteiger partial charge in [-0.05, 0) is 43.0 Å². The molecule has 6 heteroatoms. The summed E-state index contributed by atoms with van der Waals surface area (Å²) in [6, 6.07) is 2.96. The lowest BCUT2D eigenvalue weighted by Gasteiger charge is -2.13. The predicted octanol–water partition coefficient (Wildman–Crippen LogP) is 1.12. The van der Waals surface area contributed by atoms with E-state index in [-0.39, 0.29) is 11.7 Å². The molecule has 0 heterocycles. The first kappa shape index (κ1) is 13.9. The van der Waals surface area contributed by atoms with Crippen LogP contribution < -0.4 is 5.30 Å². The van der Waals surface area contributed by atoms with Crippen LogP contribution in [0.4, 0.5) is 0 Å². The molecule has 94 valence electrons. The molecule has 3 N–H and O–H groups in total. The molecule has 0 aromatic heterocycles. The van der Waals surface area contributed by atoms with Crippen molar-refractivity contribution in [1.82, 2.24) is 0 Å². The zero-order valence-electron chi connectivity index (χ0n) is 9.67.